The van der Waals surface area contributed by atoms with Gasteiger partial charge in [-0.1, -0.05) is 24.1 Å². The second kappa shape index (κ2) is 4.39. The molecule has 0 radical (unpaired) electrons. The number of benzene rings is 1. The zero-order valence-electron chi connectivity index (χ0n) is 11.9. The second-order valence-corrected chi connectivity index (χ2v) is 7.48. The first-order valence-electron chi connectivity index (χ1n) is 7.74. The molecule has 1 aromatic rings. The van der Waals surface area contributed by atoms with Crippen LogP contribution < -0.4 is 4.74 Å². The monoisotopic (exact) mass is 306 g/mol. The molecule has 0 amide bonds. The molecular weight excluding hydrogens is 288 g/mol. The third-order valence-corrected chi connectivity index (χ3v) is 5.82. The molecule has 3 fully saturated rings. The zero-order chi connectivity index (χ0) is 14.7. The van der Waals surface area contributed by atoms with Gasteiger partial charge in [-0.3, -0.25) is 0 Å². The third kappa shape index (κ3) is 2.13. The number of hydrogen-bond acceptors (Lipinski definition) is 2. The van der Waals surface area contributed by atoms with Crippen molar-refractivity contribution in [1.82, 2.24) is 0 Å². The van der Waals surface area contributed by atoms with Crippen LogP contribution >= 0.6 is 11.6 Å². The van der Waals surface area contributed by atoms with Crippen LogP contribution in [-0.4, -0.2) is 16.7 Å². The largest absolute Gasteiger partial charge is 0.478 e. The highest BCUT2D eigenvalue weighted by molar-refractivity contribution is 6.30. The van der Waals surface area contributed by atoms with Crippen molar-refractivity contribution >= 4 is 17.6 Å². The van der Waals surface area contributed by atoms with Crippen LogP contribution in [0.1, 0.15) is 56.4 Å². The highest BCUT2D eigenvalue weighted by Crippen LogP contribution is 2.63. The van der Waals surface area contributed by atoms with Crippen molar-refractivity contribution in [3.8, 4) is 5.75 Å². The van der Waals surface area contributed by atoms with E-state index in [1.54, 1.807) is 6.07 Å². The smallest absolute Gasteiger partial charge is 0.348 e. The Morgan fingerprint density at radius 1 is 1.24 bits per heavy atom. The van der Waals surface area contributed by atoms with E-state index in [4.69, 9.17) is 16.3 Å². The molecule has 3 aliphatic rings. The van der Waals surface area contributed by atoms with Gasteiger partial charge in [0.15, 0.2) is 0 Å². The number of halogens is 1. The van der Waals surface area contributed by atoms with E-state index in [2.05, 4.69) is 0 Å². The Morgan fingerprint density at radius 2 is 1.95 bits per heavy atom. The van der Waals surface area contributed by atoms with Gasteiger partial charge in [0.05, 0.1) is 0 Å². The lowest BCUT2D eigenvalue weighted by Gasteiger charge is -2.54. The van der Waals surface area contributed by atoms with E-state index < -0.39 is 11.6 Å². The summed E-state index contributed by atoms with van der Waals surface area (Å²) in [6.07, 6.45) is 7.67. The Bertz CT molecular complexity index is 594. The van der Waals surface area contributed by atoms with Crippen molar-refractivity contribution in [2.24, 2.45) is 5.41 Å². The quantitative estimate of drug-likeness (QED) is 0.897. The Labute approximate surface area is 129 Å². The number of hydrogen-bond donors (Lipinski definition) is 1. The molecule has 0 unspecified atom stereocenters. The van der Waals surface area contributed by atoms with Gasteiger partial charge in [-0.05, 0) is 54.7 Å². The lowest BCUT2D eigenvalue weighted by Crippen LogP contribution is -2.41. The molecule has 0 heterocycles. The van der Waals surface area contributed by atoms with E-state index in [1.807, 2.05) is 12.1 Å². The van der Waals surface area contributed by atoms with Gasteiger partial charge in [0.25, 0.3) is 0 Å². The van der Waals surface area contributed by atoms with E-state index in [9.17, 15) is 9.90 Å². The van der Waals surface area contributed by atoms with E-state index in [1.165, 1.54) is 32.1 Å². The summed E-state index contributed by atoms with van der Waals surface area (Å²) >= 11 is 6.08. The average Bonchev–Trinajstić information content (AvgIpc) is 3.09. The Morgan fingerprint density at radius 3 is 2.48 bits per heavy atom. The minimum Gasteiger partial charge on any atom is -0.478 e. The molecule has 0 aromatic heterocycles. The van der Waals surface area contributed by atoms with Crippen LogP contribution in [0, 0.1) is 5.41 Å². The predicted octanol–water partition coefficient (Wildman–Crippen LogP) is 4.38. The molecule has 3 nitrogen and oxygen atoms in total. The normalized spacial score (nSPS) is 25.0. The van der Waals surface area contributed by atoms with Crippen molar-refractivity contribution in [2.45, 2.75) is 56.5 Å². The SMILES string of the molecule is O=C(O)C1(Oc2cc(Cl)ccc2C2CC3(CCC3)C2)CC1. The van der Waals surface area contributed by atoms with Crippen molar-refractivity contribution < 1.29 is 14.6 Å². The van der Waals surface area contributed by atoms with Crippen LogP contribution in [-0.2, 0) is 4.79 Å². The molecule has 21 heavy (non-hydrogen) atoms. The van der Waals surface area contributed by atoms with Crippen LogP contribution in [0.2, 0.25) is 5.02 Å². The highest BCUT2D eigenvalue weighted by Gasteiger charge is 2.54. The fourth-order valence-corrected chi connectivity index (χ4v) is 4.07. The lowest BCUT2D eigenvalue weighted by atomic mass is 9.50. The van der Waals surface area contributed by atoms with Crippen molar-refractivity contribution in [3.63, 3.8) is 0 Å². The fraction of sp³-hybridized carbons (Fsp3) is 0.588. The molecule has 0 aliphatic heterocycles. The van der Waals surface area contributed by atoms with E-state index >= 15 is 0 Å². The second-order valence-electron chi connectivity index (χ2n) is 7.04. The minimum absolute atomic E-state index is 0.502. The predicted molar refractivity (Wildman–Crippen MR) is 79.9 cm³/mol. The summed E-state index contributed by atoms with van der Waals surface area (Å²) in [6.45, 7) is 0. The van der Waals surface area contributed by atoms with E-state index in [0.717, 1.165) is 5.56 Å². The maximum absolute atomic E-state index is 11.3. The van der Waals surface area contributed by atoms with Crippen LogP contribution in [0.3, 0.4) is 0 Å². The number of ether oxygens (including phenoxy) is 1. The van der Waals surface area contributed by atoms with Gasteiger partial charge < -0.3 is 9.84 Å². The number of rotatable bonds is 4. The Kier molecular flexibility index (Phi) is 2.81. The first-order valence-corrected chi connectivity index (χ1v) is 8.12. The summed E-state index contributed by atoms with van der Waals surface area (Å²) in [7, 11) is 0. The molecular formula is C17H19ClO3. The summed E-state index contributed by atoms with van der Waals surface area (Å²) in [5.41, 5.74) is 0.729. The lowest BCUT2D eigenvalue weighted by molar-refractivity contribution is -0.147. The summed E-state index contributed by atoms with van der Waals surface area (Å²) in [4.78, 5) is 11.3. The van der Waals surface area contributed by atoms with Gasteiger partial charge in [0.2, 0.25) is 5.60 Å². The van der Waals surface area contributed by atoms with Gasteiger partial charge >= 0.3 is 5.97 Å². The highest BCUT2D eigenvalue weighted by atomic mass is 35.5. The van der Waals surface area contributed by atoms with Gasteiger partial charge in [-0.15, -0.1) is 0 Å². The Balaban J connectivity index is 1.58. The summed E-state index contributed by atoms with van der Waals surface area (Å²) < 4.78 is 5.88. The van der Waals surface area contributed by atoms with Crippen molar-refractivity contribution in [2.75, 3.05) is 0 Å². The number of carboxylic acid groups (broad SMARTS) is 1. The van der Waals surface area contributed by atoms with Gasteiger partial charge in [0, 0.05) is 17.9 Å². The number of aliphatic carboxylic acids is 1. The zero-order valence-corrected chi connectivity index (χ0v) is 12.7. The standard InChI is InChI=1S/C17H19ClO3/c18-12-2-3-13(11-9-16(10-11)4-1-5-16)14(8-12)21-17(6-7-17)15(19)20/h2-3,8,11H,1,4-7,9-10H2,(H,19,20). The number of carbonyl (C=O) groups is 1. The summed E-state index contributed by atoms with van der Waals surface area (Å²) in [6, 6.07) is 5.69. The molecule has 0 atom stereocenters. The van der Waals surface area contributed by atoms with E-state index in [-0.39, 0.29) is 0 Å². The molecule has 3 saturated carbocycles. The Hall–Kier alpha value is -1.22. The molecule has 1 spiro atoms. The number of carboxylic acids is 1. The van der Waals surface area contributed by atoms with Crippen molar-refractivity contribution in [1.29, 1.82) is 0 Å². The van der Waals surface area contributed by atoms with Crippen LogP contribution in [0.5, 0.6) is 5.75 Å². The van der Waals surface area contributed by atoms with Gasteiger partial charge in [0.1, 0.15) is 5.75 Å². The molecule has 4 rings (SSSR count). The maximum Gasteiger partial charge on any atom is 0.348 e. The van der Waals surface area contributed by atoms with Crippen molar-refractivity contribution in [3.05, 3.63) is 28.8 Å². The van der Waals surface area contributed by atoms with Gasteiger partial charge in [-0.25, -0.2) is 4.79 Å². The third-order valence-electron chi connectivity index (χ3n) is 5.59. The first-order chi connectivity index (χ1) is 10.0. The van der Waals surface area contributed by atoms with Crippen LogP contribution in [0.25, 0.3) is 0 Å². The van der Waals surface area contributed by atoms with Crippen LogP contribution in [0.15, 0.2) is 18.2 Å². The topological polar surface area (TPSA) is 46.5 Å². The molecule has 0 saturated heterocycles. The fourth-order valence-electron chi connectivity index (χ4n) is 3.91. The molecule has 1 aromatic carbocycles. The maximum atomic E-state index is 11.3. The van der Waals surface area contributed by atoms with E-state index in [0.29, 0.717) is 34.9 Å². The molecule has 0 bridgehead atoms. The molecule has 3 aliphatic carbocycles. The molecule has 1 N–H and O–H groups in total. The van der Waals surface area contributed by atoms with Crippen LogP contribution in [0.4, 0.5) is 0 Å². The van der Waals surface area contributed by atoms with Gasteiger partial charge in [-0.2, -0.15) is 0 Å². The minimum atomic E-state index is -1.00. The molecule has 4 heteroatoms. The summed E-state index contributed by atoms with van der Waals surface area (Å²) in [5, 5.41) is 9.91. The average molecular weight is 307 g/mol. The molecule has 112 valence electrons. The first kappa shape index (κ1) is 13.4. The summed E-state index contributed by atoms with van der Waals surface area (Å²) in [5.74, 6) is 0.321.